The van der Waals surface area contributed by atoms with E-state index in [0.29, 0.717) is 0 Å². The lowest BCUT2D eigenvalue weighted by molar-refractivity contribution is 0.321. The van der Waals surface area contributed by atoms with Crippen molar-refractivity contribution in [2.45, 2.75) is 19.1 Å². The highest BCUT2D eigenvalue weighted by Gasteiger charge is 2.13. The lowest BCUT2D eigenvalue weighted by atomic mass is 10.00. The Labute approximate surface area is 160 Å². The van der Waals surface area contributed by atoms with Gasteiger partial charge in [0.15, 0.2) is 0 Å². The summed E-state index contributed by atoms with van der Waals surface area (Å²) >= 11 is 2.05. The van der Waals surface area contributed by atoms with Crippen molar-refractivity contribution in [1.29, 1.82) is 0 Å². The van der Waals surface area contributed by atoms with Gasteiger partial charge in [-0.3, -0.25) is 4.90 Å². The van der Waals surface area contributed by atoms with Crippen molar-refractivity contribution in [2.75, 3.05) is 25.4 Å². The predicted molar refractivity (Wildman–Crippen MR) is 115 cm³/mol. The van der Waals surface area contributed by atoms with Crippen molar-refractivity contribution in [2.24, 2.45) is 0 Å². The van der Waals surface area contributed by atoms with E-state index in [1.807, 2.05) is 11.8 Å². The fourth-order valence-electron chi connectivity index (χ4n) is 3.72. The van der Waals surface area contributed by atoms with Crippen LogP contribution in [0.2, 0.25) is 0 Å². The molecule has 0 spiro atoms. The van der Waals surface area contributed by atoms with Crippen LogP contribution in [0.25, 0.3) is 16.5 Å². The first-order valence-corrected chi connectivity index (χ1v) is 10.6. The number of rotatable bonds is 6. The van der Waals surface area contributed by atoms with Crippen LogP contribution in [0.5, 0.6) is 0 Å². The monoisotopic (exact) mass is 362 g/mol. The summed E-state index contributed by atoms with van der Waals surface area (Å²) in [7, 11) is 0. The molecule has 0 saturated heterocycles. The molecular weight excluding hydrogens is 336 g/mol. The Balaban J connectivity index is 1.27. The topological polar surface area (TPSA) is 19.0 Å². The summed E-state index contributed by atoms with van der Waals surface area (Å²) < 4.78 is 0. The summed E-state index contributed by atoms with van der Waals surface area (Å²) in [6.45, 7) is 5.62. The van der Waals surface area contributed by atoms with E-state index >= 15 is 0 Å². The van der Waals surface area contributed by atoms with Gasteiger partial charge in [-0.25, -0.2) is 0 Å². The first-order chi connectivity index (χ1) is 12.8. The summed E-state index contributed by atoms with van der Waals surface area (Å²) in [5, 5.41) is 1.38. The van der Waals surface area contributed by atoms with Crippen molar-refractivity contribution in [3.05, 3.63) is 77.5 Å². The molecule has 3 aromatic rings. The van der Waals surface area contributed by atoms with E-state index < -0.39 is 0 Å². The van der Waals surface area contributed by atoms with E-state index in [4.69, 9.17) is 0 Å². The van der Waals surface area contributed by atoms with Gasteiger partial charge in [-0.1, -0.05) is 54.6 Å². The number of H-pyrrole nitrogens is 1. The number of benzene rings is 2. The van der Waals surface area contributed by atoms with Gasteiger partial charge in [-0.05, 0) is 36.1 Å². The lowest BCUT2D eigenvalue weighted by Crippen LogP contribution is -2.30. The molecule has 4 rings (SSSR count). The largest absolute Gasteiger partial charge is 0.358 e. The standard InChI is InChI=1S/C23H26N2S/c1-18-22(21-9-5-6-10-23(21)24-18)17-26-16-15-25-13-11-20(12-14-25)19-7-3-2-4-8-19/h2-11,24H,12-17H2,1H3. The highest BCUT2D eigenvalue weighted by atomic mass is 32.2. The van der Waals surface area contributed by atoms with Crippen molar-refractivity contribution < 1.29 is 0 Å². The number of hydrogen-bond donors (Lipinski definition) is 1. The molecule has 2 aromatic carbocycles. The lowest BCUT2D eigenvalue weighted by Gasteiger charge is -2.26. The van der Waals surface area contributed by atoms with Crippen molar-refractivity contribution in [3.63, 3.8) is 0 Å². The Bertz CT molecular complexity index is 895. The first-order valence-electron chi connectivity index (χ1n) is 9.42. The number of para-hydroxylation sites is 1. The maximum Gasteiger partial charge on any atom is 0.0459 e. The smallest absolute Gasteiger partial charge is 0.0459 e. The summed E-state index contributed by atoms with van der Waals surface area (Å²) in [5.41, 5.74) is 6.93. The Morgan fingerprint density at radius 1 is 1.04 bits per heavy atom. The van der Waals surface area contributed by atoms with E-state index in [1.165, 1.54) is 52.1 Å². The third-order valence-electron chi connectivity index (χ3n) is 5.26. The quantitative estimate of drug-likeness (QED) is 0.584. The Kier molecular flexibility index (Phi) is 5.47. The summed E-state index contributed by atoms with van der Waals surface area (Å²) in [6, 6.07) is 19.4. The maximum atomic E-state index is 3.51. The molecule has 1 aliphatic heterocycles. The molecule has 3 heteroatoms. The number of nitrogens with one attached hydrogen (secondary N) is 1. The Morgan fingerprint density at radius 2 is 1.85 bits per heavy atom. The molecule has 0 bridgehead atoms. The highest BCUT2D eigenvalue weighted by Crippen LogP contribution is 2.26. The average molecular weight is 363 g/mol. The molecule has 0 aliphatic carbocycles. The molecular formula is C23H26N2S. The molecule has 0 fully saturated rings. The van der Waals surface area contributed by atoms with Crippen LogP contribution in [0.1, 0.15) is 23.2 Å². The van der Waals surface area contributed by atoms with Crippen molar-refractivity contribution in [3.8, 4) is 0 Å². The zero-order valence-corrected chi connectivity index (χ0v) is 16.2. The van der Waals surface area contributed by atoms with Gasteiger partial charge in [0.1, 0.15) is 0 Å². The SMILES string of the molecule is Cc1[nH]c2ccccc2c1CSCCN1CC=C(c2ccccc2)CC1. The van der Waals surface area contributed by atoms with Crippen molar-refractivity contribution >= 4 is 28.2 Å². The number of aromatic nitrogens is 1. The first kappa shape index (κ1) is 17.4. The zero-order valence-electron chi connectivity index (χ0n) is 15.4. The van der Waals surface area contributed by atoms with Gasteiger partial charge in [-0.15, -0.1) is 0 Å². The van der Waals surface area contributed by atoms with Gasteiger partial charge in [0.05, 0.1) is 0 Å². The van der Waals surface area contributed by atoms with Crippen LogP contribution in [-0.4, -0.2) is 35.3 Å². The van der Waals surface area contributed by atoms with Crippen LogP contribution in [-0.2, 0) is 5.75 Å². The van der Waals surface area contributed by atoms with E-state index in [0.717, 1.165) is 18.7 Å². The van der Waals surface area contributed by atoms with Crippen LogP contribution in [0.4, 0.5) is 0 Å². The van der Waals surface area contributed by atoms with Crippen LogP contribution in [0.3, 0.4) is 0 Å². The van der Waals surface area contributed by atoms with Crippen LogP contribution >= 0.6 is 11.8 Å². The molecule has 0 atom stereocenters. The molecule has 0 unspecified atom stereocenters. The number of aryl methyl sites for hydroxylation is 1. The Morgan fingerprint density at radius 3 is 2.65 bits per heavy atom. The highest BCUT2D eigenvalue weighted by molar-refractivity contribution is 7.98. The second-order valence-electron chi connectivity index (χ2n) is 6.97. The number of nitrogens with zero attached hydrogens (tertiary/aromatic N) is 1. The molecule has 1 aliphatic rings. The molecule has 0 amide bonds. The van der Waals surface area contributed by atoms with Crippen LogP contribution in [0, 0.1) is 6.92 Å². The van der Waals surface area contributed by atoms with E-state index in [9.17, 15) is 0 Å². The summed E-state index contributed by atoms with van der Waals surface area (Å²) in [4.78, 5) is 6.08. The molecule has 2 heterocycles. The summed E-state index contributed by atoms with van der Waals surface area (Å²) in [6.07, 6.45) is 3.57. The van der Waals surface area contributed by atoms with Gasteiger partial charge in [-0.2, -0.15) is 11.8 Å². The minimum Gasteiger partial charge on any atom is -0.358 e. The second-order valence-corrected chi connectivity index (χ2v) is 8.08. The molecule has 0 saturated carbocycles. The van der Waals surface area contributed by atoms with Gasteiger partial charge in [0.25, 0.3) is 0 Å². The number of hydrogen-bond acceptors (Lipinski definition) is 2. The fraction of sp³-hybridized carbons (Fsp3) is 0.304. The van der Waals surface area contributed by atoms with Crippen LogP contribution < -0.4 is 0 Å². The molecule has 1 N–H and O–H groups in total. The fourth-order valence-corrected chi connectivity index (χ4v) is 4.83. The average Bonchev–Trinajstić information content (AvgIpc) is 3.01. The van der Waals surface area contributed by atoms with Gasteiger partial charge in [0, 0.05) is 47.7 Å². The number of fused-ring (bicyclic) bond motifs is 1. The molecule has 26 heavy (non-hydrogen) atoms. The molecule has 1 aromatic heterocycles. The summed E-state index contributed by atoms with van der Waals surface area (Å²) in [5.74, 6) is 2.28. The Hall–Kier alpha value is -1.97. The molecule has 134 valence electrons. The molecule has 2 nitrogen and oxygen atoms in total. The second kappa shape index (κ2) is 8.15. The van der Waals surface area contributed by atoms with E-state index in [-0.39, 0.29) is 0 Å². The van der Waals surface area contributed by atoms with Gasteiger partial charge >= 0.3 is 0 Å². The predicted octanol–water partition coefficient (Wildman–Crippen LogP) is 5.50. The van der Waals surface area contributed by atoms with Gasteiger partial charge in [0.2, 0.25) is 0 Å². The minimum absolute atomic E-state index is 1.08. The zero-order chi connectivity index (χ0) is 17.8. The normalized spacial score (nSPS) is 15.3. The van der Waals surface area contributed by atoms with E-state index in [1.54, 1.807) is 0 Å². The van der Waals surface area contributed by atoms with Crippen LogP contribution in [0.15, 0.2) is 60.7 Å². The number of aromatic amines is 1. The third-order valence-corrected chi connectivity index (χ3v) is 6.23. The number of thioether (sulfide) groups is 1. The van der Waals surface area contributed by atoms with Crippen molar-refractivity contribution in [1.82, 2.24) is 9.88 Å². The maximum absolute atomic E-state index is 3.51. The minimum atomic E-state index is 1.08. The third kappa shape index (κ3) is 3.89. The van der Waals surface area contributed by atoms with E-state index in [2.05, 4.69) is 77.5 Å². The molecule has 0 radical (unpaired) electrons. The van der Waals surface area contributed by atoms with Gasteiger partial charge < -0.3 is 4.98 Å².